The second-order valence-electron chi connectivity index (χ2n) is 6.07. The van der Waals surface area contributed by atoms with Crippen LogP contribution >= 0.6 is 0 Å². The predicted octanol–water partition coefficient (Wildman–Crippen LogP) is 2.11. The summed E-state index contributed by atoms with van der Waals surface area (Å²) in [6.45, 7) is 5.17. The number of benzene rings is 1. The van der Waals surface area contributed by atoms with Gasteiger partial charge in [0, 0.05) is 30.7 Å². The first-order valence-corrected chi connectivity index (χ1v) is 7.71. The van der Waals surface area contributed by atoms with Crippen molar-refractivity contribution < 1.29 is 14.2 Å². The van der Waals surface area contributed by atoms with Crippen LogP contribution in [0.2, 0.25) is 0 Å². The SMILES string of the molecule is COCC(C)(C)C(/C=C(\N)NCc1ccc(OC)cc1OC)=C/N. The van der Waals surface area contributed by atoms with E-state index in [0.717, 1.165) is 22.6 Å². The van der Waals surface area contributed by atoms with Gasteiger partial charge in [0.25, 0.3) is 0 Å². The molecule has 0 spiro atoms. The van der Waals surface area contributed by atoms with Crippen molar-refractivity contribution in [1.29, 1.82) is 0 Å². The van der Waals surface area contributed by atoms with Crippen LogP contribution in [0.3, 0.4) is 0 Å². The Morgan fingerprint density at radius 2 is 1.92 bits per heavy atom. The van der Waals surface area contributed by atoms with Crippen molar-refractivity contribution >= 4 is 0 Å². The summed E-state index contributed by atoms with van der Waals surface area (Å²) in [6.07, 6.45) is 3.39. The largest absolute Gasteiger partial charge is 0.497 e. The van der Waals surface area contributed by atoms with Crippen molar-refractivity contribution in [2.24, 2.45) is 16.9 Å². The van der Waals surface area contributed by atoms with E-state index in [0.29, 0.717) is 19.0 Å². The minimum atomic E-state index is -0.229. The predicted molar refractivity (Wildman–Crippen MR) is 96.6 cm³/mol. The summed E-state index contributed by atoms with van der Waals surface area (Å²) in [5, 5.41) is 3.17. The van der Waals surface area contributed by atoms with Crippen LogP contribution in [0.15, 0.2) is 41.9 Å². The number of nitrogens with two attached hydrogens (primary N) is 2. The van der Waals surface area contributed by atoms with E-state index in [1.165, 1.54) is 0 Å². The molecule has 1 rings (SSSR count). The van der Waals surface area contributed by atoms with Crippen molar-refractivity contribution in [2.45, 2.75) is 20.4 Å². The maximum absolute atomic E-state index is 6.09. The van der Waals surface area contributed by atoms with Gasteiger partial charge in [0.05, 0.1) is 26.6 Å². The van der Waals surface area contributed by atoms with Gasteiger partial charge in [-0.1, -0.05) is 13.8 Å². The Hall–Kier alpha value is -2.34. The summed E-state index contributed by atoms with van der Waals surface area (Å²) in [6, 6.07) is 5.66. The fourth-order valence-corrected chi connectivity index (χ4v) is 2.33. The second kappa shape index (κ2) is 9.08. The van der Waals surface area contributed by atoms with Gasteiger partial charge in [-0.15, -0.1) is 0 Å². The lowest BCUT2D eigenvalue weighted by molar-refractivity contribution is 0.128. The number of nitrogens with one attached hydrogen (secondary N) is 1. The van der Waals surface area contributed by atoms with E-state index in [2.05, 4.69) is 5.32 Å². The molecule has 6 heteroatoms. The monoisotopic (exact) mass is 335 g/mol. The molecule has 1 aromatic carbocycles. The fourth-order valence-electron chi connectivity index (χ4n) is 2.33. The molecule has 134 valence electrons. The molecule has 6 nitrogen and oxygen atoms in total. The molecule has 0 saturated heterocycles. The summed E-state index contributed by atoms with van der Waals surface area (Å²) in [7, 11) is 4.91. The molecule has 0 saturated carbocycles. The quantitative estimate of drug-likeness (QED) is 0.599. The van der Waals surface area contributed by atoms with Gasteiger partial charge < -0.3 is 31.0 Å². The van der Waals surface area contributed by atoms with Crippen LogP contribution in [0.1, 0.15) is 19.4 Å². The summed E-state index contributed by atoms with van der Waals surface area (Å²) in [5.74, 6) is 2.01. The molecule has 0 bridgehead atoms. The van der Waals surface area contributed by atoms with Crippen molar-refractivity contribution in [3.8, 4) is 11.5 Å². The van der Waals surface area contributed by atoms with Crippen LogP contribution in [-0.4, -0.2) is 27.9 Å². The van der Waals surface area contributed by atoms with Gasteiger partial charge in [0.1, 0.15) is 11.5 Å². The normalized spacial score (nSPS) is 12.9. The molecule has 0 aliphatic carbocycles. The van der Waals surface area contributed by atoms with Gasteiger partial charge in [-0.05, 0) is 30.0 Å². The van der Waals surface area contributed by atoms with E-state index in [4.69, 9.17) is 25.7 Å². The Morgan fingerprint density at radius 3 is 2.46 bits per heavy atom. The van der Waals surface area contributed by atoms with Gasteiger partial charge in [0.15, 0.2) is 0 Å². The van der Waals surface area contributed by atoms with Crippen molar-refractivity contribution in [2.75, 3.05) is 27.9 Å². The van der Waals surface area contributed by atoms with E-state index >= 15 is 0 Å². The average molecular weight is 335 g/mol. The highest BCUT2D eigenvalue weighted by Gasteiger charge is 2.22. The first-order chi connectivity index (χ1) is 11.4. The zero-order chi connectivity index (χ0) is 18.2. The van der Waals surface area contributed by atoms with Crippen LogP contribution < -0.4 is 26.3 Å². The van der Waals surface area contributed by atoms with Crippen LogP contribution in [-0.2, 0) is 11.3 Å². The van der Waals surface area contributed by atoms with E-state index < -0.39 is 0 Å². The average Bonchev–Trinajstić information content (AvgIpc) is 2.57. The molecule has 0 fully saturated rings. The molecule has 0 atom stereocenters. The number of allylic oxidation sites excluding steroid dienone is 1. The molecule has 24 heavy (non-hydrogen) atoms. The lowest BCUT2D eigenvalue weighted by atomic mass is 9.85. The topological polar surface area (TPSA) is 91.8 Å². The minimum Gasteiger partial charge on any atom is -0.497 e. The molecule has 0 aliphatic rings. The summed E-state index contributed by atoms with van der Waals surface area (Å²) < 4.78 is 15.8. The van der Waals surface area contributed by atoms with Crippen LogP contribution in [0.4, 0.5) is 0 Å². The molecule has 0 amide bonds. The Labute approximate surface area is 144 Å². The number of methoxy groups -OCH3 is 3. The van der Waals surface area contributed by atoms with Crippen molar-refractivity contribution in [3.63, 3.8) is 0 Å². The summed E-state index contributed by atoms with van der Waals surface area (Å²) >= 11 is 0. The third-order valence-electron chi connectivity index (χ3n) is 3.75. The second-order valence-corrected chi connectivity index (χ2v) is 6.07. The summed E-state index contributed by atoms with van der Waals surface area (Å²) in [5.41, 5.74) is 13.5. The highest BCUT2D eigenvalue weighted by Crippen LogP contribution is 2.27. The molecule has 0 radical (unpaired) electrons. The van der Waals surface area contributed by atoms with Gasteiger partial charge >= 0.3 is 0 Å². The van der Waals surface area contributed by atoms with Crippen LogP contribution in [0.5, 0.6) is 11.5 Å². The van der Waals surface area contributed by atoms with Gasteiger partial charge in [-0.3, -0.25) is 0 Å². The molecular formula is C18H29N3O3. The minimum absolute atomic E-state index is 0.229. The zero-order valence-electron chi connectivity index (χ0n) is 15.2. The van der Waals surface area contributed by atoms with Gasteiger partial charge in [-0.25, -0.2) is 0 Å². The fraction of sp³-hybridized carbons (Fsp3) is 0.444. The Kier molecular flexibility index (Phi) is 7.45. The number of hydrogen-bond acceptors (Lipinski definition) is 6. The lowest BCUT2D eigenvalue weighted by Crippen LogP contribution is -2.25. The molecule has 0 aliphatic heterocycles. The molecule has 0 aromatic heterocycles. The Balaban J connectivity index is 2.83. The maximum atomic E-state index is 6.09. The molecule has 0 heterocycles. The zero-order valence-corrected chi connectivity index (χ0v) is 15.2. The molecule has 1 aromatic rings. The third kappa shape index (κ3) is 5.38. The van der Waals surface area contributed by atoms with Gasteiger partial charge in [-0.2, -0.15) is 0 Å². The molecule has 5 N–H and O–H groups in total. The van der Waals surface area contributed by atoms with E-state index in [1.807, 2.05) is 38.1 Å². The lowest BCUT2D eigenvalue weighted by Gasteiger charge is -2.25. The highest BCUT2D eigenvalue weighted by molar-refractivity contribution is 5.41. The molecular weight excluding hydrogens is 306 g/mol. The van der Waals surface area contributed by atoms with Crippen molar-refractivity contribution in [3.05, 3.63) is 47.4 Å². The maximum Gasteiger partial charge on any atom is 0.127 e. The van der Waals surface area contributed by atoms with Gasteiger partial charge in [0.2, 0.25) is 0 Å². The molecule has 0 unspecified atom stereocenters. The standard InChI is InChI=1S/C18H29N3O3/c1-18(2,12-22-3)14(10-19)8-17(20)21-11-13-6-7-15(23-4)9-16(13)24-5/h6-10,21H,11-12,19-20H2,1-5H3/b14-10+,17-8+. The van der Waals surface area contributed by atoms with Crippen LogP contribution in [0.25, 0.3) is 0 Å². The van der Waals surface area contributed by atoms with E-state index in [-0.39, 0.29) is 5.41 Å². The van der Waals surface area contributed by atoms with E-state index in [9.17, 15) is 0 Å². The Bertz CT molecular complexity index is 595. The first kappa shape index (κ1) is 19.7. The Morgan fingerprint density at radius 1 is 1.21 bits per heavy atom. The number of rotatable bonds is 9. The smallest absolute Gasteiger partial charge is 0.127 e. The van der Waals surface area contributed by atoms with E-state index in [1.54, 1.807) is 27.5 Å². The first-order valence-electron chi connectivity index (χ1n) is 7.71. The van der Waals surface area contributed by atoms with Crippen LogP contribution in [0, 0.1) is 5.41 Å². The highest BCUT2D eigenvalue weighted by atomic mass is 16.5. The number of ether oxygens (including phenoxy) is 3. The third-order valence-corrected chi connectivity index (χ3v) is 3.75. The van der Waals surface area contributed by atoms with Crippen molar-refractivity contribution in [1.82, 2.24) is 5.32 Å². The number of hydrogen-bond donors (Lipinski definition) is 3. The summed E-state index contributed by atoms with van der Waals surface area (Å²) in [4.78, 5) is 0.